The van der Waals surface area contributed by atoms with Crippen LogP contribution in [0.1, 0.15) is 24.0 Å². The van der Waals surface area contributed by atoms with Crippen molar-refractivity contribution in [2.75, 3.05) is 18.4 Å². The Kier molecular flexibility index (Phi) is 7.76. The summed E-state index contributed by atoms with van der Waals surface area (Å²) in [6.45, 7) is 3.70. The van der Waals surface area contributed by atoms with E-state index in [0.717, 1.165) is 35.0 Å². The highest BCUT2D eigenvalue weighted by atomic mass is 35.5. The second-order valence-electron chi connectivity index (χ2n) is 6.52. The summed E-state index contributed by atoms with van der Waals surface area (Å²) in [6.07, 6.45) is 2.56. The minimum absolute atomic E-state index is 0. The van der Waals surface area contributed by atoms with Gasteiger partial charge in [0, 0.05) is 10.7 Å². The number of carbonyl (C=O) groups excluding carboxylic acids is 1. The number of carbonyl (C=O) groups is 1. The molecule has 1 fully saturated rings. The van der Waals surface area contributed by atoms with E-state index in [1.54, 1.807) is 0 Å². The fourth-order valence-corrected chi connectivity index (χ4v) is 2.78. The molecule has 1 amide bonds. The predicted octanol–water partition coefficient (Wildman–Crippen LogP) is 4.59. The van der Waals surface area contributed by atoms with Crippen molar-refractivity contribution >= 4 is 35.6 Å². The molecule has 0 aromatic heterocycles. The number of ether oxygens (including phenoxy) is 1. The Hall–Kier alpha value is -1.75. The van der Waals surface area contributed by atoms with Crippen molar-refractivity contribution in [2.24, 2.45) is 5.92 Å². The number of rotatable bonds is 8. The van der Waals surface area contributed by atoms with Crippen LogP contribution in [0.4, 0.5) is 5.69 Å². The van der Waals surface area contributed by atoms with Gasteiger partial charge in [-0.15, -0.1) is 12.4 Å². The fourth-order valence-electron chi connectivity index (χ4n) is 2.57. The topological polar surface area (TPSA) is 50.4 Å². The summed E-state index contributed by atoms with van der Waals surface area (Å²) in [7, 11) is 0. The molecule has 0 radical (unpaired) electrons. The molecule has 4 nitrogen and oxygen atoms in total. The summed E-state index contributed by atoms with van der Waals surface area (Å²) >= 11 is 5.98. The lowest BCUT2D eigenvalue weighted by Crippen LogP contribution is -2.29. The van der Waals surface area contributed by atoms with E-state index >= 15 is 0 Å². The maximum Gasteiger partial charge on any atom is 0.238 e. The number of halogens is 2. The third kappa shape index (κ3) is 6.52. The van der Waals surface area contributed by atoms with Crippen LogP contribution in [0.3, 0.4) is 0 Å². The van der Waals surface area contributed by atoms with Gasteiger partial charge in [-0.25, -0.2) is 0 Å². The van der Waals surface area contributed by atoms with Crippen molar-refractivity contribution < 1.29 is 9.53 Å². The largest absolute Gasteiger partial charge is 0.489 e. The molecule has 140 valence electrons. The van der Waals surface area contributed by atoms with Gasteiger partial charge in [-0.3, -0.25) is 4.79 Å². The molecule has 2 aromatic rings. The van der Waals surface area contributed by atoms with E-state index in [-0.39, 0.29) is 18.3 Å². The number of anilines is 1. The first-order valence-electron chi connectivity index (χ1n) is 8.58. The molecule has 0 aliphatic heterocycles. The quantitative estimate of drug-likeness (QED) is 0.688. The standard InChI is InChI=1S/C20H23ClN2O2.ClH/c1-14-9-18(25-13-16-3-2-4-17(21)10-16)7-8-19(14)23-20(24)12-22-11-15-5-6-15;/h2-4,7-10,15,22H,5-6,11-13H2,1H3,(H,23,24);1H. The zero-order chi connectivity index (χ0) is 17.6. The van der Waals surface area contributed by atoms with E-state index < -0.39 is 0 Å². The highest BCUT2D eigenvalue weighted by Crippen LogP contribution is 2.27. The number of hydrogen-bond acceptors (Lipinski definition) is 3. The summed E-state index contributed by atoms with van der Waals surface area (Å²) in [5.74, 6) is 1.52. The van der Waals surface area contributed by atoms with Crippen LogP contribution >= 0.6 is 24.0 Å². The summed E-state index contributed by atoms with van der Waals surface area (Å²) in [5.41, 5.74) is 2.80. The fraction of sp³-hybridized carbons (Fsp3) is 0.350. The molecule has 2 N–H and O–H groups in total. The molecule has 2 aromatic carbocycles. The van der Waals surface area contributed by atoms with Crippen LogP contribution in [-0.4, -0.2) is 19.0 Å². The molecule has 0 spiro atoms. The minimum atomic E-state index is -0.0173. The van der Waals surface area contributed by atoms with Gasteiger partial charge in [0.15, 0.2) is 0 Å². The molecule has 3 rings (SSSR count). The van der Waals surface area contributed by atoms with Gasteiger partial charge < -0.3 is 15.4 Å². The second kappa shape index (κ2) is 9.81. The van der Waals surface area contributed by atoms with Gasteiger partial charge in [-0.1, -0.05) is 23.7 Å². The van der Waals surface area contributed by atoms with Crippen LogP contribution in [0, 0.1) is 12.8 Å². The van der Waals surface area contributed by atoms with E-state index in [9.17, 15) is 4.79 Å². The summed E-state index contributed by atoms with van der Waals surface area (Å²) in [5, 5.41) is 6.83. The van der Waals surface area contributed by atoms with Crippen LogP contribution in [0.2, 0.25) is 5.02 Å². The van der Waals surface area contributed by atoms with Gasteiger partial charge in [0.2, 0.25) is 5.91 Å². The highest BCUT2D eigenvalue weighted by molar-refractivity contribution is 6.30. The lowest BCUT2D eigenvalue weighted by atomic mass is 10.2. The first kappa shape index (κ1) is 20.6. The van der Waals surface area contributed by atoms with E-state index in [1.165, 1.54) is 12.8 Å². The summed E-state index contributed by atoms with van der Waals surface area (Å²) in [6, 6.07) is 13.3. The van der Waals surface area contributed by atoms with Gasteiger partial charge in [-0.2, -0.15) is 0 Å². The number of hydrogen-bond donors (Lipinski definition) is 2. The molecule has 0 atom stereocenters. The number of benzene rings is 2. The van der Waals surface area contributed by atoms with Crippen molar-refractivity contribution in [1.29, 1.82) is 0 Å². The Morgan fingerprint density at radius 3 is 2.73 bits per heavy atom. The Morgan fingerprint density at radius 1 is 1.23 bits per heavy atom. The molecular formula is C20H24Cl2N2O2. The Labute approximate surface area is 165 Å². The van der Waals surface area contributed by atoms with Crippen molar-refractivity contribution in [3.05, 3.63) is 58.6 Å². The molecule has 1 aliphatic carbocycles. The smallest absolute Gasteiger partial charge is 0.238 e. The molecule has 0 heterocycles. The number of nitrogens with one attached hydrogen (secondary N) is 2. The first-order chi connectivity index (χ1) is 12.1. The third-order valence-corrected chi connectivity index (χ3v) is 4.42. The molecule has 0 bridgehead atoms. The first-order valence-corrected chi connectivity index (χ1v) is 8.96. The summed E-state index contributed by atoms with van der Waals surface area (Å²) < 4.78 is 5.80. The third-order valence-electron chi connectivity index (χ3n) is 4.18. The van der Waals surface area contributed by atoms with Gasteiger partial charge in [-0.05, 0) is 73.7 Å². The van der Waals surface area contributed by atoms with Crippen molar-refractivity contribution in [3.8, 4) is 5.75 Å². The van der Waals surface area contributed by atoms with Gasteiger partial charge in [0.05, 0.1) is 6.54 Å². The van der Waals surface area contributed by atoms with Crippen LogP contribution < -0.4 is 15.4 Å². The van der Waals surface area contributed by atoms with Crippen LogP contribution in [0.25, 0.3) is 0 Å². The molecule has 6 heteroatoms. The monoisotopic (exact) mass is 394 g/mol. The maximum absolute atomic E-state index is 12.0. The van der Waals surface area contributed by atoms with Crippen LogP contribution in [0.15, 0.2) is 42.5 Å². The van der Waals surface area contributed by atoms with Crippen LogP contribution in [-0.2, 0) is 11.4 Å². The summed E-state index contributed by atoms with van der Waals surface area (Å²) in [4.78, 5) is 12.0. The zero-order valence-electron chi connectivity index (χ0n) is 14.8. The highest BCUT2D eigenvalue weighted by Gasteiger charge is 2.20. The van der Waals surface area contributed by atoms with Gasteiger partial charge in [0.1, 0.15) is 12.4 Å². The van der Waals surface area contributed by atoms with E-state index in [4.69, 9.17) is 16.3 Å². The van der Waals surface area contributed by atoms with E-state index in [0.29, 0.717) is 18.2 Å². The predicted molar refractivity (Wildman–Crippen MR) is 108 cm³/mol. The van der Waals surface area contributed by atoms with E-state index in [2.05, 4.69) is 10.6 Å². The average Bonchev–Trinajstić information content (AvgIpc) is 3.40. The van der Waals surface area contributed by atoms with Crippen LogP contribution in [0.5, 0.6) is 5.75 Å². The lowest BCUT2D eigenvalue weighted by Gasteiger charge is -2.12. The maximum atomic E-state index is 12.0. The van der Waals surface area contributed by atoms with E-state index in [1.807, 2.05) is 49.4 Å². The van der Waals surface area contributed by atoms with Gasteiger partial charge in [0.25, 0.3) is 0 Å². The molecule has 0 unspecified atom stereocenters. The molecule has 1 saturated carbocycles. The van der Waals surface area contributed by atoms with Crippen molar-refractivity contribution in [1.82, 2.24) is 5.32 Å². The SMILES string of the molecule is Cc1cc(OCc2cccc(Cl)c2)ccc1NC(=O)CNCC1CC1.Cl. The number of aryl methyl sites for hydroxylation is 1. The second-order valence-corrected chi connectivity index (χ2v) is 6.95. The average molecular weight is 395 g/mol. The molecule has 0 saturated heterocycles. The minimum Gasteiger partial charge on any atom is -0.489 e. The Bertz CT molecular complexity index is 748. The zero-order valence-corrected chi connectivity index (χ0v) is 16.3. The molecule has 1 aliphatic rings. The van der Waals surface area contributed by atoms with Crippen molar-refractivity contribution in [2.45, 2.75) is 26.4 Å². The Morgan fingerprint density at radius 2 is 2.04 bits per heavy atom. The number of amides is 1. The normalized spacial score (nSPS) is 13.0. The lowest BCUT2D eigenvalue weighted by molar-refractivity contribution is -0.115. The molecule has 26 heavy (non-hydrogen) atoms. The van der Waals surface area contributed by atoms with Crippen molar-refractivity contribution in [3.63, 3.8) is 0 Å². The molecular weight excluding hydrogens is 371 g/mol. The Balaban J connectivity index is 0.00000243. The van der Waals surface area contributed by atoms with Gasteiger partial charge >= 0.3 is 0 Å².